The number of Topliss-reactive ketones (excluding diaryl/α,β-unsaturated/α-hetero) is 1. The highest BCUT2D eigenvalue weighted by Crippen LogP contribution is 2.54. The molecule has 0 amide bonds. The Kier molecular flexibility index (Phi) is 10.0. The molecule has 19 atom stereocenters. The van der Waals surface area contributed by atoms with E-state index in [1.165, 1.54) is 0 Å². The summed E-state index contributed by atoms with van der Waals surface area (Å²) in [5.41, 5.74) is 8.01. The fourth-order valence-corrected chi connectivity index (χ4v) is 11.3. The van der Waals surface area contributed by atoms with Crippen LogP contribution >= 0.6 is 0 Å². The van der Waals surface area contributed by atoms with Crippen molar-refractivity contribution in [1.29, 1.82) is 0 Å². The topological polar surface area (TPSA) is 146 Å². The first-order valence-corrected chi connectivity index (χ1v) is 20.2. The van der Waals surface area contributed by atoms with Crippen LogP contribution in [0.1, 0.15) is 90.4 Å². The van der Waals surface area contributed by atoms with Crippen molar-refractivity contribution in [3.05, 3.63) is 24.3 Å². The predicted octanol–water partition coefficient (Wildman–Crippen LogP) is 3.44. The van der Waals surface area contributed by atoms with Gasteiger partial charge in [-0.3, -0.25) is 4.79 Å². The van der Waals surface area contributed by atoms with Crippen molar-refractivity contribution in [3.8, 4) is 0 Å². The first kappa shape index (κ1) is 36.4. The summed E-state index contributed by atoms with van der Waals surface area (Å²) in [6.45, 7) is 11.3. The molecular formula is C40H59NO11. The minimum absolute atomic E-state index is 0.0158. The third kappa shape index (κ3) is 6.59. The molecule has 0 saturated carbocycles. The van der Waals surface area contributed by atoms with Crippen LogP contribution in [0.15, 0.2) is 24.3 Å². The second-order valence-corrected chi connectivity index (χ2v) is 17.4. The third-order valence-corrected chi connectivity index (χ3v) is 14.0. The molecule has 10 saturated heterocycles. The molecule has 12 heteroatoms. The maximum absolute atomic E-state index is 14.1. The molecule has 1 spiro atoms. The van der Waals surface area contributed by atoms with Crippen molar-refractivity contribution in [2.75, 3.05) is 13.7 Å². The van der Waals surface area contributed by atoms with E-state index < -0.39 is 18.0 Å². The summed E-state index contributed by atoms with van der Waals surface area (Å²) in [5.74, 6) is -0.619. The Morgan fingerprint density at radius 2 is 1.56 bits per heavy atom. The van der Waals surface area contributed by atoms with Crippen molar-refractivity contribution in [2.24, 2.45) is 17.6 Å². The molecule has 10 fully saturated rings. The Hall–Kier alpha value is -1.29. The van der Waals surface area contributed by atoms with Crippen LogP contribution in [0.4, 0.5) is 0 Å². The first-order valence-electron chi connectivity index (χ1n) is 20.2. The van der Waals surface area contributed by atoms with Gasteiger partial charge in [-0.1, -0.05) is 20.1 Å². The van der Waals surface area contributed by atoms with Crippen molar-refractivity contribution in [3.63, 3.8) is 0 Å². The van der Waals surface area contributed by atoms with Crippen LogP contribution in [0.2, 0.25) is 0 Å². The van der Waals surface area contributed by atoms with E-state index in [0.717, 1.165) is 56.1 Å². The van der Waals surface area contributed by atoms with Crippen LogP contribution in [0.25, 0.3) is 0 Å². The Balaban J connectivity index is 0.994. The van der Waals surface area contributed by atoms with E-state index in [-0.39, 0.29) is 122 Å². The minimum Gasteiger partial charge on any atom is -0.392 e. The molecule has 52 heavy (non-hydrogen) atoms. The fraction of sp³-hybridized carbons (Fsp3) is 0.875. The Labute approximate surface area is 307 Å². The van der Waals surface area contributed by atoms with Gasteiger partial charge in [0.05, 0.1) is 67.1 Å². The van der Waals surface area contributed by atoms with Gasteiger partial charge in [-0.05, 0) is 62.0 Å². The molecule has 0 radical (unpaired) electrons. The summed E-state index contributed by atoms with van der Waals surface area (Å²) in [6.07, 6.45) is 4.85. The average Bonchev–Trinajstić information content (AvgIpc) is 3.79. The second-order valence-electron chi connectivity index (χ2n) is 17.4. The molecule has 0 aromatic heterocycles. The van der Waals surface area contributed by atoms with E-state index in [1.807, 2.05) is 0 Å². The summed E-state index contributed by atoms with van der Waals surface area (Å²) in [7, 11) is 1.66. The number of hydrogen-bond acceptors (Lipinski definition) is 12. The monoisotopic (exact) mass is 729 g/mol. The molecular weight excluding hydrogens is 670 g/mol. The van der Waals surface area contributed by atoms with E-state index in [2.05, 4.69) is 20.1 Å². The zero-order chi connectivity index (χ0) is 35.9. The largest absolute Gasteiger partial charge is 0.392 e. The number of aliphatic hydroxyl groups excluding tert-OH is 1. The summed E-state index contributed by atoms with van der Waals surface area (Å²) < 4.78 is 60.0. The van der Waals surface area contributed by atoms with Crippen LogP contribution in [-0.4, -0.2) is 128 Å². The number of carbonyl (C=O) groups excluding carboxylic acids is 1. The predicted molar refractivity (Wildman–Crippen MR) is 186 cm³/mol. The van der Waals surface area contributed by atoms with E-state index in [1.54, 1.807) is 7.11 Å². The lowest BCUT2D eigenvalue weighted by atomic mass is 9.81. The molecule has 12 bridgehead atoms. The van der Waals surface area contributed by atoms with Gasteiger partial charge in [0, 0.05) is 58.1 Å². The average molecular weight is 730 g/mol. The Morgan fingerprint density at radius 3 is 2.38 bits per heavy atom. The van der Waals surface area contributed by atoms with Crippen LogP contribution in [0.3, 0.4) is 0 Å². The number of ether oxygens (including phenoxy) is 9. The highest BCUT2D eigenvalue weighted by Gasteiger charge is 2.68. The van der Waals surface area contributed by atoms with Crippen molar-refractivity contribution in [2.45, 2.75) is 194 Å². The number of fused-ring (bicyclic) bond motifs is 6. The molecule has 0 aliphatic carbocycles. The van der Waals surface area contributed by atoms with Crippen molar-refractivity contribution >= 4 is 5.78 Å². The van der Waals surface area contributed by atoms with Crippen LogP contribution in [0, 0.1) is 11.8 Å². The number of rotatable bonds is 4. The number of aliphatic hydroxyl groups is 1. The van der Waals surface area contributed by atoms with Gasteiger partial charge < -0.3 is 53.5 Å². The summed E-state index contributed by atoms with van der Waals surface area (Å²) in [5, 5.41) is 10.5. The van der Waals surface area contributed by atoms with Gasteiger partial charge in [-0.15, -0.1) is 0 Å². The van der Waals surface area contributed by atoms with Gasteiger partial charge in [-0.2, -0.15) is 0 Å². The van der Waals surface area contributed by atoms with Gasteiger partial charge in [0.25, 0.3) is 0 Å². The number of methoxy groups -OCH3 is 1. The molecule has 290 valence electrons. The number of nitrogens with two attached hydrogens (primary N) is 1. The molecule has 0 aromatic carbocycles. The van der Waals surface area contributed by atoms with Gasteiger partial charge in [0.1, 0.15) is 36.3 Å². The second kappa shape index (κ2) is 14.3. The molecule has 10 aliphatic rings. The third-order valence-electron chi connectivity index (χ3n) is 14.0. The zero-order valence-corrected chi connectivity index (χ0v) is 30.8. The van der Waals surface area contributed by atoms with Crippen LogP contribution in [-0.2, 0) is 47.4 Å². The van der Waals surface area contributed by atoms with Crippen molar-refractivity contribution in [1.82, 2.24) is 0 Å². The maximum Gasteiger partial charge on any atom is 0.172 e. The molecule has 1 unspecified atom stereocenters. The van der Waals surface area contributed by atoms with E-state index in [9.17, 15) is 9.90 Å². The lowest BCUT2D eigenvalue weighted by molar-refractivity contribution is -0.292. The molecule has 10 rings (SSSR count). The number of hydrogen-bond donors (Lipinski definition) is 2. The van der Waals surface area contributed by atoms with Crippen LogP contribution in [0.5, 0.6) is 0 Å². The van der Waals surface area contributed by atoms with E-state index in [0.29, 0.717) is 25.7 Å². The molecule has 12 nitrogen and oxygen atoms in total. The number of ketones is 1. The lowest BCUT2D eigenvalue weighted by Crippen LogP contribution is -2.61. The normalized spacial score (nSPS) is 52.4. The lowest BCUT2D eigenvalue weighted by Gasteiger charge is -2.47. The van der Waals surface area contributed by atoms with Gasteiger partial charge in [-0.25, -0.2) is 0 Å². The smallest absolute Gasteiger partial charge is 0.172 e. The molecule has 10 aliphatic heterocycles. The summed E-state index contributed by atoms with van der Waals surface area (Å²) in [4.78, 5) is 14.1. The number of carbonyl (C=O) groups is 1. The standard InChI is InChI=1S/C40H59NO11/c1-19-11-24-5-7-28-20(2)12-26(45-28)9-10-40-17-33-36(51-40)37-38(50-33)39(52-40)35-29(49-37)8-6-25(47-35)13-22(42)14-27-31(16-30(46-24)21(19)3)48-32(34(27)44-4)15-23(43)18-41/h19,23-39,43H,2-3,5-18,41H2,1,4H3/t19-,23-,24+,25-,26+,27+,28+,29+,30-,31+,32-,33-,34-,35+,36-,37+,38-,39+,40?/m1/s1. The van der Waals surface area contributed by atoms with E-state index in [4.69, 9.17) is 48.4 Å². The van der Waals surface area contributed by atoms with E-state index >= 15 is 0 Å². The van der Waals surface area contributed by atoms with Crippen LogP contribution < -0.4 is 5.73 Å². The maximum atomic E-state index is 14.1. The summed E-state index contributed by atoms with van der Waals surface area (Å²) in [6, 6.07) is 0. The van der Waals surface area contributed by atoms with Crippen molar-refractivity contribution < 1.29 is 52.5 Å². The van der Waals surface area contributed by atoms with Gasteiger partial charge >= 0.3 is 0 Å². The molecule has 10 heterocycles. The minimum atomic E-state index is -0.780. The molecule has 0 aromatic rings. The Bertz CT molecular complexity index is 1380. The highest BCUT2D eigenvalue weighted by atomic mass is 16.8. The van der Waals surface area contributed by atoms with Gasteiger partial charge in [0.2, 0.25) is 0 Å². The SMILES string of the molecule is C=C1C[C@@H]2CCC34C[C@H]5O[C@H]6[C@@H](O3)[C@H]3O[C@H](CC[C@@H]3O[C@H]6[C@@H]5O4)CC(=O)C[C@@H]3[C@@H](OC)[C@@H](C[C@@H](O)CN)O[C@H]3C[C@H]3O[C@@H](CC[C@@H]1O2)C[C@@H](C)C3=C. The fourth-order valence-electron chi connectivity index (χ4n) is 11.3. The Morgan fingerprint density at radius 1 is 0.808 bits per heavy atom. The quantitative estimate of drug-likeness (QED) is 0.409. The zero-order valence-electron chi connectivity index (χ0n) is 30.8. The molecule has 3 N–H and O–H groups in total. The van der Waals surface area contributed by atoms with Gasteiger partial charge in [0.15, 0.2) is 5.79 Å². The first-order chi connectivity index (χ1) is 25.1. The summed E-state index contributed by atoms with van der Waals surface area (Å²) >= 11 is 0. The highest BCUT2D eigenvalue weighted by molar-refractivity contribution is 5.79.